The van der Waals surface area contributed by atoms with Crippen LogP contribution in [0, 0.1) is 0 Å². The van der Waals surface area contributed by atoms with E-state index < -0.39 is 0 Å². The Hall–Kier alpha value is -2.30. The van der Waals surface area contributed by atoms with Crippen LogP contribution < -0.4 is 10.1 Å². The van der Waals surface area contributed by atoms with Gasteiger partial charge in [-0.15, -0.1) is 0 Å². The molecule has 4 nitrogen and oxygen atoms in total. The van der Waals surface area contributed by atoms with E-state index in [0.29, 0.717) is 17.2 Å². The largest absolute Gasteiger partial charge is 0.494 e. The first-order chi connectivity index (χ1) is 13.1. The van der Waals surface area contributed by atoms with Gasteiger partial charge in [-0.3, -0.25) is 4.79 Å². The topological polar surface area (TPSA) is 41.6 Å². The van der Waals surface area contributed by atoms with E-state index in [1.54, 1.807) is 6.07 Å². The lowest BCUT2D eigenvalue weighted by molar-refractivity contribution is -0.110. The first-order valence-electron chi connectivity index (χ1n) is 9.39. The van der Waals surface area contributed by atoms with E-state index in [0.717, 1.165) is 48.6 Å². The van der Waals surface area contributed by atoms with Crippen molar-refractivity contribution >= 4 is 34.8 Å². The average Bonchev–Trinajstić information content (AvgIpc) is 2.98. The van der Waals surface area contributed by atoms with Gasteiger partial charge in [0.25, 0.3) is 5.91 Å². The Morgan fingerprint density at radius 2 is 1.85 bits per heavy atom. The minimum atomic E-state index is -0.107. The number of carbonyl (C=O) groups excluding carboxylic acids is 1. The lowest BCUT2D eigenvalue weighted by Gasteiger charge is -2.17. The van der Waals surface area contributed by atoms with E-state index >= 15 is 0 Å². The maximum atomic E-state index is 12.2. The molecule has 27 heavy (non-hydrogen) atoms. The van der Waals surface area contributed by atoms with Crippen LogP contribution in [0.4, 0.5) is 5.69 Å². The lowest BCUT2D eigenvalue weighted by Crippen LogP contribution is -2.25. The number of hydrogen-bond donors (Lipinski definition) is 1. The predicted molar refractivity (Wildman–Crippen MR) is 112 cm³/mol. The fourth-order valence-electron chi connectivity index (χ4n) is 3.15. The Kier molecular flexibility index (Phi) is 6.54. The van der Waals surface area contributed by atoms with Crippen molar-refractivity contribution in [3.63, 3.8) is 0 Å². The molecule has 0 saturated heterocycles. The second kappa shape index (κ2) is 9.07. The van der Waals surface area contributed by atoms with E-state index in [1.807, 2.05) is 42.5 Å². The highest BCUT2D eigenvalue weighted by Crippen LogP contribution is 2.35. The van der Waals surface area contributed by atoms with Gasteiger partial charge in [-0.1, -0.05) is 37.6 Å². The second-order valence-corrected chi connectivity index (χ2v) is 6.94. The van der Waals surface area contributed by atoms with Crippen LogP contribution in [-0.4, -0.2) is 37.0 Å². The SMILES string of the molecule is CCN(CC)CCCOc1ccc(/C=C2/C(=O)Nc3ccc(Cl)cc32)cc1. The molecule has 0 unspecified atom stereocenters. The summed E-state index contributed by atoms with van der Waals surface area (Å²) in [5.74, 6) is 0.736. The molecule has 0 fully saturated rings. The maximum absolute atomic E-state index is 12.2. The molecule has 5 heteroatoms. The Balaban J connectivity index is 1.62. The van der Waals surface area contributed by atoms with Crippen LogP contribution in [0.2, 0.25) is 5.02 Å². The summed E-state index contributed by atoms with van der Waals surface area (Å²) in [7, 11) is 0. The molecule has 0 saturated carbocycles. The molecule has 2 aromatic rings. The third kappa shape index (κ3) is 4.90. The molecular formula is C22H25ClN2O2. The van der Waals surface area contributed by atoms with Crippen LogP contribution in [0.1, 0.15) is 31.4 Å². The number of nitrogens with zero attached hydrogens (tertiary/aromatic N) is 1. The van der Waals surface area contributed by atoms with E-state index in [1.165, 1.54) is 0 Å². The van der Waals surface area contributed by atoms with Gasteiger partial charge < -0.3 is 15.0 Å². The van der Waals surface area contributed by atoms with Gasteiger partial charge in [0, 0.05) is 28.4 Å². The molecule has 1 aliphatic rings. The molecule has 1 amide bonds. The van der Waals surface area contributed by atoms with E-state index in [9.17, 15) is 4.79 Å². The quantitative estimate of drug-likeness (QED) is 0.517. The smallest absolute Gasteiger partial charge is 0.256 e. The third-order valence-corrected chi connectivity index (χ3v) is 4.97. The minimum Gasteiger partial charge on any atom is -0.494 e. The Morgan fingerprint density at radius 1 is 1.11 bits per heavy atom. The maximum Gasteiger partial charge on any atom is 0.256 e. The highest BCUT2D eigenvalue weighted by Gasteiger charge is 2.24. The monoisotopic (exact) mass is 384 g/mol. The normalized spacial score (nSPS) is 14.5. The number of benzene rings is 2. The zero-order valence-electron chi connectivity index (χ0n) is 15.8. The van der Waals surface area contributed by atoms with Gasteiger partial charge in [-0.25, -0.2) is 0 Å². The third-order valence-electron chi connectivity index (χ3n) is 4.74. The predicted octanol–water partition coefficient (Wildman–Crippen LogP) is 4.94. The summed E-state index contributed by atoms with van der Waals surface area (Å²) in [4.78, 5) is 14.6. The summed E-state index contributed by atoms with van der Waals surface area (Å²) in [6.45, 7) is 8.24. The fourth-order valence-corrected chi connectivity index (χ4v) is 3.32. The Morgan fingerprint density at radius 3 is 2.56 bits per heavy atom. The van der Waals surface area contributed by atoms with E-state index in [2.05, 4.69) is 24.1 Å². The highest BCUT2D eigenvalue weighted by molar-refractivity contribution is 6.36. The molecule has 1 aliphatic heterocycles. The number of carbonyl (C=O) groups is 1. The van der Waals surface area contributed by atoms with Crippen LogP contribution in [0.25, 0.3) is 11.6 Å². The Bertz CT molecular complexity index is 827. The van der Waals surface area contributed by atoms with E-state index in [4.69, 9.17) is 16.3 Å². The van der Waals surface area contributed by atoms with Crippen molar-refractivity contribution in [3.8, 4) is 5.75 Å². The summed E-state index contributed by atoms with van der Waals surface area (Å²) in [5.41, 5.74) is 3.21. The second-order valence-electron chi connectivity index (χ2n) is 6.50. The molecule has 0 aromatic heterocycles. The zero-order valence-corrected chi connectivity index (χ0v) is 16.6. The zero-order chi connectivity index (χ0) is 19.2. The van der Waals surface area contributed by atoms with Gasteiger partial charge in [0.1, 0.15) is 5.75 Å². The van der Waals surface area contributed by atoms with Crippen molar-refractivity contribution in [2.75, 3.05) is 31.6 Å². The van der Waals surface area contributed by atoms with Gasteiger partial charge in [0.15, 0.2) is 0 Å². The number of hydrogen-bond acceptors (Lipinski definition) is 3. The fraction of sp³-hybridized carbons (Fsp3) is 0.318. The van der Waals surface area contributed by atoms with Crippen molar-refractivity contribution in [1.29, 1.82) is 0 Å². The van der Waals surface area contributed by atoms with Gasteiger partial charge in [-0.05, 0) is 61.5 Å². The van der Waals surface area contributed by atoms with Crippen LogP contribution in [-0.2, 0) is 4.79 Å². The van der Waals surface area contributed by atoms with Crippen LogP contribution in [0.3, 0.4) is 0 Å². The number of anilines is 1. The Labute approximate surface area is 165 Å². The van der Waals surface area contributed by atoms with Crippen LogP contribution in [0.15, 0.2) is 42.5 Å². The number of fused-ring (bicyclic) bond motifs is 1. The number of rotatable bonds is 8. The van der Waals surface area contributed by atoms with Crippen molar-refractivity contribution in [3.05, 3.63) is 58.6 Å². The molecule has 2 aromatic carbocycles. The van der Waals surface area contributed by atoms with Gasteiger partial charge >= 0.3 is 0 Å². The molecule has 3 rings (SSSR count). The molecule has 0 aliphatic carbocycles. The molecule has 0 bridgehead atoms. The van der Waals surface area contributed by atoms with Crippen LogP contribution in [0.5, 0.6) is 5.75 Å². The minimum absolute atomic E-state index is 0.107. The summed E-state index contributed by atoms with van der Waals surface area (Å²) >= 11 is 6.07. The molecule has 1 heterocycles. The molecule has 0 radical (unpaired) electrons. The molecule has 142 valence electrons. The van der Waals surface area contributed by atoms with Crippen molar-refractivity contribution in [1.82, 2.24) is 4.90 Å². The summed E-state index contributed by atoms with van der Waals surface area (Å²) in [6.07, 6.45) is 2.88. The van der Waals surface area contributed by atoms with Crippen molar-refractivity contribution in [2.45, 2.75) is 20.3 Å². The summed E-state index contributed by atoms with van der Waals surface area (Å²) in [6, 6.07) is 13.2. The standard InChI is InChI=1S/C22H25ClN2O2/c1-3-25(4-2)12-5-13-27-18-9-6-16(7-10-18)14-20-19-15-17(23)8-11-21(19)24-22(20)26/h6-11,14-15H,3-5,12-13H2,1-2H3,(H,24,26)/b20-14+. The summed E-state index contributed by atoms with van der Waals surface area (Å²) < 4.78 is 5.82. The lowest BCUT2D eigenvalue weighted by atomic mass is 10.0. The molecular weight excluding hydrogens is 360 g/mol. The van der Waals surface area contributed by atoms with Gasteiger partial charge in [0.05, 0.1) is 6.61 Å². The molecule has 0 atom stereocenters. The molecule has 1 N–H and O–H groups in total. The highest BCUT2D eigenvalue weighted by atomic mass is 35.5. The average molecular weight is 385 g/mol. The number of nitrogens with one attached hydrogen (secondary N) is 1. The number of amides is 1. The number of halogens is 1. The van der Waals surface area contributed by atoms with Crippen LogP contribution >= 0.6 is 11.6 Å². The summed E-state index contributed by atoms with van der Waals surface area (Å²) in [5, 5.41) is 3.48. The van der Waals surface area contributed by atoms with Crippen molar-refractivity contribution in [2.24, 2.45) is 0 Å². The first-order valence-corrected chi connectivity index (χ1v) is 9.76. The molecule has 0 spiro atoms. The van der Waals surface area contributed by atoms with Gasteiger partial charge in [-0.2, -0.15) is 0 Å². The number of ether oxygens (including phenoxy) is 1. The van der Waals surface area contributed by atoms with Gasteiger partial charge in [0.2, 0.25) is 0 Å². The van der Waals surface area contributed by atoms with Crippen molar-refractivity contribution < 1.29 is 9.53 Å². The first kappa shape index (κ1) is 19.5. The van der Waals surface area contributed by atoms with E-state index in [-0.39, 0.29) is 5.91 Å².